The van der Waals surface area contributed by atoms with Gasteiger partial charge in [0, 0.05) is 5.56 Å². The van der Waals surface area contributed by atoms with E-state index in [9.17, 15) is 9.90 Å². The van der Waals surface area contributed by atoms with Crippen molar-refractivity contribution in [3.63, 3.8) is 0 Å². The molecule has 3 rings (SSSR count). The zero-order valence-corrected chi connectivity index (χ0v) is 14.9. The molecule has 1 aliphatic heterocycles. The molecule has 0 unspecified atom stereocenters. The Hall–Kier alpha value is -2.63. The van der Waals surface area contributed by atoms with E-state index in [0.717, 1.165) is 49.7 Å². The molecule has 2 aromatic carbocycles. The first-order valence-electron chi connectivity index (χ1n) is 8.76. The fourth-order valence-electron chi connectivity index (χ4n) is 3.09. The van der Waals surface area contributed by atoms with E-state index < -0.39 is 0 Å². The van der Waals surface area contributed by atoms with Crippen LogP contribution in [0.3, 0.4) is 0 Å². The number of ether oxygens (including phenoxy) is 2. The second-order valence-corrected chi connectivity index (χ2v) is 6.33. The van der Waals surface area contributed by atoms with Crippen LogP contribution in [-0.4, -0.2) is 44.3 Å². The largest absolute Gasteiger partial charge is 0.507 e. The molecule has 0 radical (unpaired) electrons. The molecule has 0 aliphatic carbocycles. The quantitative estimate of drug-likeness (QED) is 0.613. The Labute approximate surface area is 153 Å². The molecule has 0 bridgehead atoms. The number of methoxy groups -OCH3 is 1. The second kappa shape index (κ2) is 8.65. The number of morpholine rings is 1. The van der Waals surface area contributed by atoms with Crippen molar-refractivity contribution in [3.05, 3.63) is 65.2 Å². The van der Waals surface area contributed by atoms with Gasteiger partial charge in [-0.25, -0.2) is 0 Å². The third kappa shape index (κ3) is 4.50. The van der Waals surface area contributed by atoms with Crippen LogP contribution in [0, 0.1) is 0 Å². The summed E-state index contributed by atoms with van der Waals surface area (Å²) in [6.45, 7) is 4.39. The summed E-state index contributed by atoms with van der Waals surface area (Å²) in [6, 6.07) is 12.5. The molecule has 0 aromatic heterocycles. The smallest absolute Gasteiger partial charge is 0.189 e. The van der Waals surface area contributed by atoms with Crippen LogP contribution in [0.4, 0.5) is 0 Å². The summed E-state index contributed by atoms with van der Waals surface area (Å²) in [5, 5.41) is 9.79. The lowest BCUT2D eigenvalue weighted by atomic mass is 10.1. The standard InChI is InChI=1S/C21H23NO4/c1-25-21-9-7-16(14-17(21)15-22-10-12-26-13-11-22)6-8-20(24)18-4-2-3-5-19(18)23/h2-9,14,23H,10-13,15H2,1H3/p+1/b8-6+. The van der Waals surface area contributed by atoms with Crippen LogP contribution in [0.15, 0.2) is 48.5 Å². The number of phenolic OH excluding ortho intramolecular Hbond substituents is 1. The van der Waals surface area contributed by atoms with Crippen LogP contribution in [0.5, 0.6) is 11.5 Å². The Morgan fingerprint density at radius 3 is 2.73 bits per heavy atom. The van der Waals surface area contributed by atoms with E-state index in [2.05, 4.69) is 6.07 Å². The fourth-order valence-corrected chi connectivity index (χ4v) is 3.09. The van der Waals surface area contributed by atoms with Gasteiger partial charge in [0.25, 0.3) is 0 Å². The first-order valence-corrected chi connectivity index (χ1v) is 8.76. The summed E-state index contributed by atoms with van der Waals surface area (Å²) in [5.41, 5.74) is 2.34. The summed E-state index contributed by atoms with van der Waals surface area (Å²) in [5.74, 6) is 0.626. The van der Waals surface area contributed by atoms with Gasteiger partial charge in [0.05, 0.1) is 25.9 Å². The van der Waals surface area contributed by atoms with Crippen molar-refractivity contribution in [3.8, 4) is 11.5 Å². The highest BCUT2D eigenvalue weighted by molar-refractivity contribution is 6.08. The number of allylic oxidation sites excluding steroid dienone is 1. The molecule has 1 saturated heterocycles. The number of phenols is 1. The molecule has 136 valence electrons. The van der Waals surface area contributed by atoms with Gasteiger partial charge < -0.3 is 19.5 Å². The highest BCUT2D eigenvalue weighted by Gasteiger charge is 2.17. The van der Waals surface area contributed by atoms with Crippen molar-refractivity contribution in [1.29, 1.82) is 0 Å². The maximum absolute atomic E-state index is 12.3. The number of nitrogens with one attached hydrogen (secondary N) is 1. The first-order chi connectivity index (χ1) is 12.7. The normalized spacial score (nSPS) is 15.3. The average Bonchev–Trinajstić information content (AvgIpc) is 2.67. The number of carbonyl (C=O) groups is 1. The van der Waals surface area contributed by atoms with Gasteiger partial charge in [-0.3, -0.25) is 4.79 Å². The summed E-state index contributed by atoms with van der Waals surface area (Å²) in [6.07, 6.45) is 3.26. The summed E-state index contributed by atoms with van der Waals surface area (Å²) in [4.78, 5) is 13.7. The molecule has 1 aliphatic rings. The van der Waals surface area contributed by atoms with Crippen LogP contribution in [-0.2, 0) is 11.3 Å². The number of hydrogen-bond donors (Lipinski definition) is 2. The SMILES string of the molecule is COc1ccc(/C=C/C(=O)c2ccccc2O)cc1C[NH+]1CCOCC1. The number of quaternary nitrogens is 1. The predicted molar refractivity (Wildman–Crippen MR) is 99.7 cm³/mol. The van der Waals surface area contributed by atoms with Gasteiger partial charge in [0.2, 0.25) is 0 Å². The van der Waals surface area contributed by atoms with E-state index in [-0.39, 0.29) is 11.5 Å². The number of hydrogen-bond acceptors (Lipinski definition) is 4. The lowest BCUT2D eigenvalue weighted by Gasteiger charge is -2.24. The molecule has 2 aromatic rings. The monoisotopic (exact) mass is 354 g/mol. The van der Waals surface area contributed by atoms with E-state index >= 15 is 0 Å². The van der Waals surface area contributed by atoms with Gasteiger partial charge >= 0.3 is 0 Å². The number of para-hydroxylation sites is 1. The van der Waals surface area contributed by atoms with Crippen LogP contribution in [0.1, 0.15) is 21.5 Å². The topological polar surface area (TPSA) is 60.2 Å². The Balaban J connectivity index is 1.76. The Morgan fingerprint density at radius 2 is 2.00 bits per heavy atom. The average molecular weight is 354 g/mol. The summed E-state index contributed by atoms with van der Waals surface area (Å²) in [7, 11) is 1.67. The van der Waals surface area contributed by atoms with Gasteiger partial charge in [-0.1, -0.05) is 24.3 Å². The molecule has 5 nitrogen and oxygen atoms in total. The minimum Gasteiger partial charge on any atom is -0.507 e. The number of carbonyl (C=O) groups excluding carboxylic acids is 1. The van der Waals surface area contributed by atoms with Gasteiger partial charge in [0.1, 0.15) is 31.1 Å². The Bertz CT molecular complexity index is 794. The highest BCUT2D eigenvalue weighted by Crippen LogP contribution is 2.21. The Morgan fingerprint density at radius 1 is 1.23 bits per heavy atom. The molecule has 0 atom stereocenters. The molecular weight excluding hydrogens is 330 g/mol. The van der Waals surface area contributed by atoms with E-state index in [1.165, 1.54) is 17.0 Å². The van der Waals surface area contributed by atoms with E-state index in [1.54, 1.807) is 31.4 Å². The van der Waals surface area contributed by atoms with Crippen LogP contribution < -0.4 is 9.64 Å². The van der Waals surface area contributed by atoms with Crippen molar-refractivity contribution >= 4 is 11.9 Å². The van der Waals surface area contributed by atoms with Crippen molar-refractivity contribution in [2.45, 2.75) is 6.54 Å². The maximum atomic E-state index is 12.3. The Kier molecular flexibility index (Phi) is 6.04. The number of benzene rings is 2. The molecule has 0 spiro atoms. The van der Waals surface area contributed by atoms with Gasteiger partial charge in [-0.15, -0.1) is 0 Å². The molecular formula is C21H24NO4+. The summed E-state index contributed by atoms with van der Waals surface area (Å²) < 4.78 is 10.9. The molecule has 5 heteroatoms. The molecule has 2 N–H and O–H groups in total. The molecule has 1 heterocycles. The third-order valence-corrected chi connectivity index (χ3v) is 4.54. The third-order valence-electron chi connectivity index (χ3n) is 4.54. The lowest BCUT2D eigenvalue weighted by molar-refractivity contribution is -0.921. The van der Waals surface area contributed by atoms with E-state index in [4.69, 9.17) is 9.47 Å². The predicted octanol–water partition coefficient (Wildman–Crippen LogP) is 1.71. The molecule has 26 heavy (non-hydrogen) atoms. The second-order valence-electron chi connectivity index (χ2n) is 6.33. The minimum absolute atomic E-state index is 0.00603. The zero-order chi connectivity index (χ0) is 18.4. The number of aromatic hydroxyl groups is 1. The van der Waals surface area contributed by atoms with Crippen molar-refractivity contribution < 1.29 is 24.3 Å². The van der Waals surface area contributed by atoms with Crippen LogP contribution >= 0.6 is 0 Å². The van der Waals surface area contributed by atoms with Crippen LogP contribution in [0.25, 0.3) is 6.08 Å². The van der Waals surface area contributed by atoms with Crippen molar-refractivity contribution in [2.75, 3.05) is 33.4 Å². The van der Waals surface area contributed by atoms with Crippen molar-refractivity contribution in [1.82, 2.24) is 0 Å². The number of rotatable bonds is 6. The molecule has 0 amide bonds. The fraction of sp³-hybridized carbons (Fsp3) is 0.286. The minimum atomic E-state index is -0.223. The van der Waals surface area contributed by atoms with Gasteiger partial charge in [0.15, 0.2) is 5.78 Å². The van der Waals surface area contributed by atoms with Gasteiger partial charge in [-0.05, 0) is 35.9 Å². The van der Waals surface area contributed by atoms with E-state index in [1.807, 2.05) is 12.1 Å². The molecule has 1 fully saturated rings. The summed E-state index contributed by atoms with van der Waals surface area (Å²) >= 11 is 0. The lowest BCUT2D eigenvalue weighted by Crippen LogP contribution is -3.12. The maximum Gasteiger partial charge on any atom is 0.189 e. The highest BCUT2D eigenvalue weighted by atomic mass is 16.5. The van der Waals surface area contributed by atoms with Gasteiger partial charge in [-0.2, -0.15) is 0 Å². The van der Waals surface area contributed by atoms with Crippen LogP contribution in [0.2, 0.25) is 0 Å². The molecule has 0 saturated carbocycles. The first kappa shape index (κ1) is 18.2. The number of ketones is 1. The van der Waals surface area contributed by atoms with Crippen molar-refractivity contribution in [2.24, 2.45) is 0 Å². The van der Waals surface area contributed by atoms with E-state index in [0.29, 0.717) is 5.56 Å². The zero-order valence-electron chi connectivity index (χ0n) is 14.9.